The summed E-state index contributed by atoms with van der Waals surface area (Å²) in [5, 5.41) is 3.43. The SMILES string of the molecule is CNC[C@@H]1CC=C2C=C3CC[C@]4(C)[C@@H](C(C)CCc5ccncc5C)CC[C@H]4[C@@]34CC[C@]2(C1)O4. The van der Waals surface area contributed by atoms with Crippen molar-refractivity contribution in [3.05, 3.63) is 52.9 Å². The Bertz CT molecular complexity index is 1010. The monoisotopic (exact) mass is 460 g/mol. The van der Waals surface area contributed by atoms with Gasteiger partial charge in [0.15, 0.2) is 0 Å². The van der Waals surface area contributed by atoms with Crippen LogP contribution in [0.4, 0.5) is 0 Å². The maximum atomic E-state index is 7.44. The van der Waals surface area contributed by atoms with Crippen LogP contribution in [0.2, 0.25) is 0 Å². The minimum absolute atomic E-state index is 0.00406. The molecule has 2 bridgehead atoms. The number of aromatic nitrogens is 1. The molecule has 3 aliphatic carbocycles. The Labute approximate surface area is 206 Å². The molecule has 2 saturated carbocycles. The summed E-state index contributed by atoms with van der Waals surface area (Å²) in [5.41, 5.74) is 6.46. The molecule has 184 valence electrons. The zero-order chi connectivity index (χ0) is 23.6. The number of pyridine rings is 1. The lowest BCUT2D eigenvalue weighted by atomic mass is 9.55. The highest BCUT2D eigenvalue weighted by molar-refractivity contribution is 5.46. The van der Waals surface area contributed by atoms with E-state index in [-0.39, 0.29) is 11.2 Å². The van der Waals surface area contributed by atoms with Gasteiger partial charge in [0.25, 0.3) is 0 Å². The van der Waals surface area contributed by atoms with Crippen molar-refractivity contribution >= 4 is 0 Å². The first-order valence-electron chi connectivity index (χ1n) is 14.1. The van der Waals surface area contributed by atoms with Gasteiger partial charge in [-0.15, -0.1) is 0 Å². The number of nitrogens with one attached hydrogen (secondary N) is 1. The Kier molecular flexibility index (Phi) is 5.61. The van der Waals surface area contributed by atoms with Crippen LogP contribution in [0.15, 0.2) is 41.8 Å². The number of hydrogen-bond donors (Lipinski definition) is 1. The lowest BCUT2D eigenvalue weighted by molar-refractivity contribution is -0.149. The van der Waals surface area contributed by atoms with E-state index in [9.17, 15) is 0 Å². The highest BCUT2D eigenvalue weighted by atomic mass is 16.5. The van der Waals surface area contributed by atoms with Crippen LogP contribution in [0.1, 0.15) is 82.8 Å². The molecular formula is C31H44N2O. The van der Waals surface area contributed by atoms with Crippen molar-refractivity contribution in [1.29, 1.82) is 0 Å². The van der Waals surface area contributed by atoms with Crippen LogP contribution >= 0.6 is 0 Å². The standard InChI is InChI=1S/C31H44N2O/c1-21(5-7-24-12-16-33-19-22(24)2)27-9-10-28-29(27,3)13-11-26-17-25-8-6-23(20-32-4)18-30(25)14-15-31(26,28)34-30/h8,12,16-17,19,21,23,27-28,32H,5-7,9-11,13-15,18,20H2,1-4H3/t21?,23-,27-,28-,29-,30-,31-/m1/s1. The van der Waals surface area contributed by atoms with Crippen LogP contribution in [0.25, 0.3) is 0 Å². The van der Waals surface area contributed by atoms with Crippen molar-refractivity contribution in [3.63, 3.8) is 0 Å². The number of ether oxygens (including phenoxy) is 1. The first kappa shape index (κ1) is 23.0. The van der Waals surface area contributed by atoms with Gasteiger partial charge in [0.2, 0.25) is 0 Å². The smallest absolute Gasteiger partial charge is 0.0944 e. The predicted octanol–water partition coefficient (Wildman–Crippen LogP) is 6.57. The minimum Gasteiger partial charge on any atom is -0.359 e. The Morgan fingerprint density at radius 3 is 2.94 bits per heavy atom. The van der Waals surface area contributed by atoms with E-state index in [4.69, 9.17) is 4.74 Å². The van der Waals surface area contributed by atoms with Gasteiger partial charge in [0, 0.05) is 12.4 Å². The van der Waals surface area contributed by atoms with E-state index in [2.05, 4.69) is 56.3 Å². The van der Waals surface area contributed by atoms with Crippen LogP contribution in [0, 0.1) is 36.0 Å². The maximum absolute atomic E-state index is 7.44. The van der Waals surface area contributed by atoms with Crippen molar-refractivity contribution in [3.8, 4) is 0 Å². The van der Waals surface area contributed by atoms with E-state index in [1.165, 1.54) is 80.9 Å². The average molecular weight is 461 g/mol. The van der Waals surface area contributed by atoms with Gasteiger partial charge < -0.3 is 10.1 Å². The predicted molar refractivity (Wildman–Crippen MR) is 139 cm³/mol. The zero-order valence-corrected chi connectivity index (χ0v) is 21.8. The molecule has 0 amide bonds. The molecule has 0 aromatic carbocycles. The molecule has 34 heavy (non-hydrogen) atoms. The fourth-order valence-corrected chi connectivity index (χ4v) is 9.35. The van der Waals surface area contributed by atoms with E-state index in [1.807, 2.05) is 12.4 Å². The molecule has 2 aliphatic heterocycles. The summed E-state index contributed by atoms with van der Waals surface area (Å²) in [5.74, 6) is 2.98. The normalized spacial score (nSPS) is 41.2. The Hall–Kier alpha value is -1.45. The molecule has 6 rings (SSSR count). The van der Waals surface area contributed by atoms with Gasteiger partial charge in [-0.05, 0) is 142 Å². The maximum Gasteiger partial charge on any atom is 0.0944 e. The average Bonchev–Trinajstić information content (AvgIpc) is 3.34. The van der Waals surface area contributed by atoms with E-state index < -0.39 is 0 Å². The molecule has 2 spiro atoms. The molecular weight excluding hydrogens is 416 g/mol. The van der Waals surface area contributed by atoms with E-state index in [0.29, 0.717) is 17.3 Å². The first-order chi connectivity index (χ1) is 16.4. The van der Waals surface area contributed by atoms with Crippen molar-refractivity contribution in [2.75, 3.05) is 13.6 Å². The van der Waals surface area contributed by atoms with E-state index in [0.717, 1.165) is 18.4 Å². The zero-order valence-electron chi connectivity index (χ0n) is 21.8. The molecule has 1 saturated heterocycles. The van der Waals surface area contributed by atoms with Crippen molar-refractivity contribution < 1.29 is 4.74 Å². The summed E-state index contributed by atoms with van der Waals surface area (Å²) >= 11 is 0. The Morgan fingerprint density at radius 2 is 2.12 bits per heavy atom. The second kappa shape index (κ2) is 8.30. The number of allylic oxidation sites excluding steroid dienone is 1. The highest BCUT2D eigenvalue weighted by Crippen LogP contribution is 2.69. The lowest BCUT2D eigenvalue weighted by Gasteiger charge is -2.56. The van der Waals surface area contributed by atoms with Crippen LogP contribution in [-0.4, -0.2) is 29.8 Å². The molecule has 1 aromatic rings. The van der Waals surface area contributed by atoms with E-state index in [1.54, 1.807) is 5.57 Å². The molecule has 1 aromatic heterocycles. The fourth-order valence-electron chi connectivity index (χ4n) is 9.35. The summed E-state index contributed by atoms with van der Waals surface area (Å²) in [6.45, 7) is 8.51. The van der Waals surface area contributed by atoms with Gasteiger partial charge in [0.05, 0.1) is 11.2 Å². The van der Waals surface area contributed by atoms with Gasteiger partial charge in [-0.3, -0.25) is 4.98 Å². The quantitative estimate of drug-likeness (QED) is 0.521. The van der Waals surface area contributed by atoms with Gasteiger partial charge in [-0.25, -0.2) is 0 Å². The van der Waals surface area contributed by atoms with Crippen LogP contribution in [0.5, 0.6) is 0 Å². The topological polar surface area (TPSA) is 34.2 Å². The molecule has 0 radical (unpaired) electrons. The highest BCUT2D eigenvalue weighted by Gasteiger charge is 2.67. The van der Waals surface area contributed by atoms with Crippen LogP contribution in [0.3, 0.4) is 0 Å². The minimum atomic E-state index is 0.00406. The summed E-state index contributed by atoms with van der Waals surface area (Å²) in [6.07, 6.45) is 21.8. The van der Waals surface area contributed by atoms with Gasteiger partial charge in [-0.1, -0.05) is 26.0 Å². The van der Waals surface area contributed by atoms with Crippen molar-refractivity contribution in [1.82, 2.24) is 10.3 Å². The largest absolute Gasteiger partial charge is 0.359 e. The summed E-state index contributed by atoms with van der Waals surface area (Å²) < 4.78 is 7.44. The van der Waals surface area contributed by atoms with Crippen molar-refractivity contribution in [2.45, 2.75) is 96.2 Å². The summed E-state index contributed by atoms with van der Waals surface area (Å²) in [4.78, 5) is 4.29. The Morgan fingerprint density at radius 1 is 1.24 bits per heavy atom. The third-order valence-electron chi connectivity index (χ3n) is 11.1. The first-order valence-corrected chi connectivity index (χ1v) is 14.1. The lowest BCUT2D eigenvalue weighted by Crippen LogP contribution is -2.55. The van der Waals surface area contributed by atoms with Gasteiger partial charge in [0.1, 0.15) is 0 Å². The molecule has 3 fully saturated rings. The second-order valence-electron chi connectivity index (χ2n) is 12.7. The summed E-state index contributed by atoms with van der Waals surface area (Å²) in [7, 11) is 2.09. The summed E-state index contributed by atoms with van der Waals surface area (Å²) in [6, 6.07) is 2.22. The molecule has 5 aliphatic rings. The molecule has 3 heterocycles. The number of nitrogens with zero attached hydrogens (tertiary/aromatic N) is 1. The fraction of sp³-hybridized carbons (Fsp3) is 0.710. The number of hydrogen-bond acceptors (Lipinski definition) is 3. The molecule has 3 nitrogen and oxygen atoms in total. The Balaban J connectivity index is 1.24. The van der Waals surface area contributed by atoms with Gasteiger partial charge >= 0.3 is 0 Å². The molecule has 3 heteroatoms. The molecule has 1 unspecified atom stereocenters. The van der Waals surface area contributed by atoms with Crippen molar-refractivity contribution in [2.24, 2.45) is 29.1 Å². The molecule has 7 atom stereocenters. The number of fused-ring (bicyclic) bond motifs is 1. The van der Waals surface area contributed by atoms with Crippen LogP contribution in [-0.2, 0) is 11.2 Å². The number of aryl methyl sites for hydroxylation is 2. The van der Waals surface area contributed by atoms with Crippen LogP contribution < -0.4 is 5.32 Å². The third kappa shape index (κ3) is 3.33. The van der Waals surface area contributed by atoms with Gasteiger partial charge in [-0.2, -0.15) is 0 Å². The second-order valence-corrected chi connectivity index (χ2v) is 12.7. The number of rotatable bonds is 6. The van der Waals surface area contributed by atoms with E-state index >= 15 is 0 Å². The molecule has 1 N–H and O–H groups in total. The third-order valence-corrected chi connectivity index (χ3v) is 11.1.